The Bertz CT molecular complexity index is 3260. The molecule has 3 heterocycles. The number of allylic oxidation sites excluding steroid dienone is 1. The second-order valence-electron chi connectivity index (χ2n) is 35.7. The third kappa shape index (κ3) is 62.1. The molecule has 6 amide bonds. The van der Waals surface area contributed by atoms with Crippen LogP contribution in [0.2, 0.25) is 0 Å². The number of hydrogen-bond acceptors (Lipinski definition) is 25. The predicted octanol–water partition coefficient (Wildman–Crippen LogP) is 4.73. The van der Waals surface area contributed by atoms with Crippen LogP contribution in [0.5, 0.6) is 0 Å². The Morgan fingerprint density at radius 3 is 0.806 bits per heavy atom. The number of aromatic nitrogens is 3. The van der Waals surface area contributed by atoms with Crippen LogP contribution in [0.1, 0.15) is 258 Å². The number of nitrogens with one attached hydrogen (secondary N) is 16. The molecule has 0 bridgehead atoms. The van der Waals surface area contributed by atoms with Gasteiger partial charge in [0.2, 0.25) is 29.7 Å². The summed E-state index contributed by atoms with van der Waals surface area (Å²) in [5, 5.41) is 83.7. The van der Waals surface area contributed by atoms with Gasteiger partial charge in [-0.05, 0) is 135 Å². The van der Waals surface area contributed by atoms with Crippen molar-refractivity contribution in [2.75, 3.05) is 211 Å². The zero-order valence-corrected chi connectivity index (χ0v) is 84.3. The van der Waals surface area contributed by atoms with Crippen molar-refractivity contribution < 1.29 is 52.5 Å². The summed E-state index contributed by atoms with van der Waals surface area (Å²) in [5.41, 5.74) is 45.6. The highest BCUT2D eigenvalue weighted by atomic mass is 16.6. The van der Waals surface area contributed by atoms with Gasteiger partial charge in [0.1, 0.15) is 34.3 Å². The largest absolute Gasteiger partial charge is 0.448 e. The third-order valence-corrected chi connectivity index (χ3v) is 23.9. The average molecular weight is 1960 g/mol. The van der Waals surface area contributed by atoms with Gasteiger partial charge in [-0.2, -0.15) is 15.0 Å². The van der Waals surface area contributed by atoms with E-state index in [1.54, 1.807) is 29.4 Å². The molecule has 1 aromatic heterocycles. The molecule has 2 aliphatic rings. The van der Waals surface area contributed by atoms with Gasteiger partial charge in [0.05, 0.1) is 38.8 Å². The Kier molecular flexibility index (Phi) is 67.5. The van der Waals surface area contributed by atoms with Crippen molar-refractivity contribution in [3.63, 3.8) is 0 Å². The number of ether oxygens (including phenoxy) is 5. The predicted molar refractivity (Wildman–Crippen MR) is 553 cm³/mol. The quantitative estimate of drug-likeness (QED) is 0.0105. The van der Waals surface area contributed by atoms with Crippen LogP contribution >= 0.6 is 0 Å². The highest BCUT2D eigenvalue weighted by molar-refractivity contribution is 6.11. The summed E-state index contributed by atoms with van der Waals surface area (Å²) in [6, 6.07) is -0.0761. The lowest BCUT2D eigenvalue weighted by atomic mass is 9.95. The number of anilines is 3. The van der Waals surface area contributed by atoms with Gasteiger partial charge in [-0.3, -0.25) is 52.9 Å². The fourth-order valence-electron chi connectivity index (χ4n) is 15.9. The summed E-state index contributed by atoms with van der Waals surface area (Å²) >= 11 is 0. The number of hydrogen-bond donors (Lipinski definition) is 24. The molecule has 2 saturated heterocycles. The van der Waals surface area contributed by atoms with E-state index in [1.165, 1.54) is 0 Å². The molecule has 792 valence electrons. The summed E-state index contributed by atoms with van der Waals surface area (Å²) in [5.74, 6) is -0.346. The van der Waals surface area contributed by atoms with E-state index < -0.39 is 24.4 Å². The number of unbranched alkanes of at least 4 members (excludes halogenated alkanes) is 27. The topological polar surface area (TPSA) is 712 Å². The zero-order chi connectivity index (χ0) is 102. The highest BCUT2D eigenvalue weighted by Crippen LogP contribution is 2.25. The van der Waals surface area contributed by atoms with Crippen LogP contribution in [-0.4, -0.2) is 345 Å². The van der Waals surface area contributed by atoms with Gasteiger partial charge in [-0.1, -0.05) is 122 Å². The fraction of sp³-hybridized carbons (Fsp3) is 0.791. The molecule has 32 N–H and O–H groups in total. The first-order valence-corrected chi connectivity index (χ1v) is 51.1. The van der Waals surface area contributed by atoms with E-state index in [0.717, 1.165) is 173 Å². The van der Waals surface area contributed by atoms with Gasteiger partial charge < -0.3 is 156 Å². The Labute approximate surface area is 827 Å². The number of nitrogens with two attached hydrogens (primary N) is 8. The standard InChI is InChI=1S/C91H179BN36O11/c1-3-72(2)73-70-128(71-74(92)139-73)76(130)41-23-5-4-22-40-75(129)120-58-60-121(61-59-120)85-117-86(122(62-66-135-88(131)124(50-32-14-6-24-42-109-77(93)94)51-33-15-7-25-43-110-78(95)96)63-67-136-89(132)125(52-34-16-8-26-44-111-79(97)98)53-35-17-9-27-45-112-80(99)100)119-87(118-85)123(64-68-137-90(133)126(54-36-18-10-28-46-113-81(101)102)55-37-19-11-29-47-114-82(103)104)65-69-138-91(134)127(56-38-20-12-30-48-115-83(105)106)57-39-21-13-31-49-116-84(107)108/h3,73-74H,4-71,92H2,1-2H3,(H4,93,94,109)(H4,95,96,110)(H4,97,98,111)(H4,99,100,112)(H4,101,102,113)(H4,103,104,114)(H4,105,106,115)(H4,107,108,116)/t73?,74-/m1/s1. The summed E-state index contributed by atoms with van der Waals surface area (Å²) < 4.78 is 31.3. The molecule has 0 spiro atoms. The number of carbonyl (C=O) groups is 6. The van der Waals surface area contributed by atoms with E-state index in [9.17, 15) is 28.8 Å². The number of amides is 6. The SMILES string of the molecule is B[C@H]1CN(C(=O)CCCCCCC(=O)N2CCN(c3nc(N(CCOC(=O)N(CCCCCCNC(=N)N)CCCCCCNC(=N)N)CCOC(=O)N(CCCCCCNC(=N)N)CCCCCCNC(=N)N)nc(N(CCOC(=O)N(CCCCCCNC(=N)N)CCCCCCNC(=N)N)CCOC(=O)N(CCCCCCNC(=N)N)CCCCCCNC(=N)N)n3)CC2)CC(C(C)=CC)O1. The Morgan fingerprint density at radius 1 is 0.338 bits per heavy atom. The van der Waals surface area contributed by atoms with E-state index in [4.69, 9.17) is 128 Å². The van der Waals surface area contributed by atoms with E-state index in [0.29, 0.717) is 208 Å². The Morgan fingerprint density at radius 2 is 0.568 bits per heavy atom. The van der Waals surface area contributed by atoms with Crippen molar-refractivity contribution in [2.45, 2.75) is 270 Å². The first kappa shape index (κ1) is 122. The average Bonchev–Trinajstić information content (AvgIpc) is 0.804. The second-order valence-corrected chi connectivity index (χ2v) is 35.7. The number of guanidine groups is 8. The molecule has 0 aliphatic carbocycles. The lowest BCUT2D eigenvalue weighted by Crippen LogP contribution is -2.50. The molecular weight excluding hydrogens is 1780 g/mol. The molecular formula is C91H179BN36O11. The van der Waals surface area contributed by atoms with Crippen LogP contribution in [-0.2, 0) is 33.3 Å². The van der Waals surface area contributed by atoms with Crippen LogP contribution < -0.4 is 103 Å². The minimum atomic E-state index is -0.547. The summed E-state index contributed by atoms with van der Waals surface area (Å²) in [6.07, 6.45) is 27.8. The van der Waals surface area contributed by atoms with Crippen LogP contribution in [0, 0.1) is 43.3 Å². The molecule has 0 aromatic carbocycles. The minimum absolute atomic E-state index is 0.00940. The number of carbonyl (C=O) groups excluding carboxylic acids is 6. The van der Waals surface area contributed by atoms with Crippen molar-refractivity contribution in [3.8, 4) is 0 Å². The number of rotatable bonds is 79. The smallest absolute Gasteiger partial charge is 0.409 e. The van der Waals surface area contributed by atoms with Gasteiger partial charge in [-0.15, -0.1) is 0 Å². The number of piperazine rings is 1. The monoisotopic (exact) mass is 1960 g/mol. The summed E-state index contributed by atoms with van der Waals surface area (Å²) in [6.45, 7) is 12.9. The van der Waals surface area contributed by atoms with Crippen molar-refractivity contribution in [2.24, 2.45) is 45.9 Å². The molecule has 1 unspecified atom stereocenters. The van der Waals surface area contributed by atoms with Gasteiger partial charge in [0.15, 0.2) is 47.7 Å². The van der Waals surface area contributed by atoms with Crippen molar-refractivity contribution in [1.82, 2.24) is 86.9 Å². The molecule has 0 saturated carbocycles. The zero-order valence-electron chi connectivity index (χ0n) is 84.3. The second kappa shape index (κ2) is 77.2. The van der Waals surface area contributed by atoms with Crippen LogP contribution in [0.4, 0.5) is 37.0 Å². The Hall–Kier alpha value is -11.6. The lowest BCUT2D eigenvalue weighted by molar-refractivity contribution is -0.139. The van der Waals surface area contributed by atoms with Crippen molar-refractivity contribution >= 4 is 110 Å². The Balaban J connectivity index is 2.31. The molecule has 1 aromatic rings. The van der Waals surface area contributed by atoms with E-state index >= 15 is 0 Å². The highest BCUT2D eigenvalue weighted by Gasteiger charge is 2.31. The van der Waals surface area contributed by atoms with Crippen molar-refractivity contribution in [1.29, 1.82) is 43.3 Å². The first-order chi connectivity index (χ1) is 67.0. The van der Waals surface area contributed by atoms with Crippen LogP contribution in [0.25, 0.3) is 0 Å². The fourth-order valence-corrected chi connectivity index (χ4v) is 15.9. The molecule has 47 nitrogen and oxygen atoms in total. The maximum atomic E-state index is 14.7. The first-order valence-electron chi connectivity index (χ1n) is 51.1. The lowest BCUT2D eigenvalue weighted by Gasteiger charge is -2.37. The van der Waals surface area contributed by atoms with Crippen LogP contribution in [0.15, 0.2) is 11.6 Å². The van der Waals surface area contributed by atoms with Gasteiger partial charge in [0, 0.05) is 156 Å². The van der Waals surface area contributed by atoms with E-state index in [1.807, 2.05) is 42.5 Å². The van der Waals surface area contributed by atoms with Gasteiger partial charge in [-0.25, -0.2) is 19.2 Å². The molecule has 0 radical (unpaired) electrons. The molecule has 2 atom stereocenters. The van der Waals surface area contributed by atoms with E-state index in [2.05, 4.69) is 42.5 Å². The van der Waals surface area contributed by atoms with Crippen LogP contribution in [0.3, 0.4) is 0 Å². The summed E-state index contributed by atoms with van der Waals surface area (Å²) in [4.78, 5) is 118. The maximum absolute atomic E-state index is 14.7. The molecule has 48 heteroatoms. The maximum Gasteiger partial charge on any atom is 0.409 e. The molecule has 2 aliphatic heterocycles. The number of nitrogens with zero attached hydrogens (tertiary/aromatic N) is 12. The van der Waals surface area contributed by atoms with E-state index in [-0.39, 0.29) is 155 Å². The number of morpholine rings is 1. The molecule has 139 heavy (non-hydrogen) atoms. The normalized spacial score (nSPS) is 13.5. The summed E-state index contributed by atoms with van der Waals surface area (Å²) in [7, 11) is 1.99. The van der Waals surface area contributed by atoms with Crippen molar-refractivity contribution in [3.05, 3.63) is 11.6 Å². The molecule has 3 rings (SSSR count). The minimum Gasteiger partial charge on any atom is -0.448 e. The third-order valence-electron chi connectivity index (χ3n) is 23.9. The van der Waals surface area contributed by atoms with Gasteiger partial charge in [0.25, 0.3) is 0 Å². The molecule has 2 fully saturated rings. The van der Waals surface area contributed by atoms with Gasteiger partial charge >= 0.3 is 24.4 Å².